The Morgan fingerprint density at radius 1 is 1.22 bits per heavy atom. The average Bonchev–Trinajstić information content (AvgIpc) is 3.17. The molecule has 140 valence electrons. The minimum atomic E-state index is -0.190. The van der Waals surface area contributed by atoms with Crippen molar-refractivity contribution in [2.75, 3.05) is 11.9 Å². The molecule has 3 rings (SSSR count). The zero-order chi connectivity index (χ0) is 19.1. The monoisotopic (exact) mass is 384 g/mol. The van der Waals surface area contributed by atoms with E-state index < -0.39 is 0 Å². The van der Waals surface area contributed by atoms with Gasteiger partial charge >= 0.3 is 0 Å². The largest absolute Gasteiger partial charge is 0.494 e. The van der Waals surface area contributed by atoms with Crippen LogP contribution >= 0.6 is 11.3 Å². The molecule has 0 saturated heterocycles. The fourth-order valence-corrected chi connectivity index (χ4v) is 3.05. The van der Waals surface area contributed by atoms with Gasteiger partial charge in [0.05, 0.1) is 12.3 Å². The number of thiazole rings is 1. The summed E-state index contributed by atoms with van der Waals surface area (Å²) >= 11 is 1.37. The highest BCUT2D eigenvalue weighted by molar-refractivity contribution is 7.13. The SMILES string of the molecule is CCOc1ccc(-c2ccc(=O)n(CCCC(=O)Nc3nccs3)n2)cc1. The number of hydrogen-bond donors (Lipinski definition) is 1. The quantitative estimate of drug-likeness (QED) is 0.645. The van der Waals surface area contributed by atoms with Gasteiger partial charge < -0.3 is 10.1 Å². The predicted molar refractivity (Wildman–Crippen MR) is 105 cm³/mol. The third kappa shape index (κ3) is 5.24. The van der Waals surface area contributed by atoms with Gasteiger partial charge in [-0.25, -0.2) is 9.67 Å². The highest BCUT2D eigenvalue weighted by Gasteiger charge is 2.07. The van der Waals surface area contributed by atoms with Crippen molar-refractivity contribution in [1.82, 2.24) is 14.8 Å². The summed E-state index contributed by atoms with van der Waals surface area (Å²) in [5.41, 5.74) is 1.41. The highest BCUT2D eigenvalue weighted by Crippen LogP contribution is 2.20. The zero-order valence-electron chi connectivity index (χ0n) is 14.9. The number of rotatable bonds is 8. The van der Waals surface area contributed by atoms with Crippen LogP contribution in [0.25, 0.3) is 11.3 Å². The Kier molecular flexibility index (Phi) is 6.32. The summed E-state index contributed by atoms with van der Waals surface area (Å²) in [6.07, 6.45) is 2.44. The molecular weight excluding hydrogens is 364 g/mol. The Hall–Kier alpha value is -3.00. The second-order valence-corrected chi connectivity index (χ2v) is 6.62. The van der Waals surface area contributed by atoms with Gasteiger partial charge in [0, 0.05) is 36.2 Å². The lowest BCUT2D eigenvalue weighted by Crippen LogP contribution is -2.23. The van der Waals surface area contributed by atoms with Gasteiger partial charge in [0.1, 0.15) is 5.75 Å². The molecule has 0 saturated carbocycles. The lowest BCUT2D eigenvalue weighted by atomic mass is 10.1. The maximum Gasteiger partial charge on any atom is 0.266 e. The second-order valence-electron chi connectivity index (χ2n) is 5.73. The van der Waals surface area contributed by atoms with Crippen LogP contribution in [0.2, 0.25) is 0 Å². The average molecular weight is 384 g/mol. The molecule has 27 heavy (non-hydrogen) atoms. The first-order valence-electron chi connectivity index (χ1n) is 8.66. The number of hydrogen-bond acceptors (Lipinski definition) is 6. The number of amides is 1. The Morgan fingerprint density at radius 3 is 2.74 bits per heavy atom. The molecule has 3 aromatic rings. The summed E-state index contributed by atoms with van der Waals surface area (Å²) in [7, 11) is 0. The van der Waals surface area contributed by atoms with E-state index >= 15 is 0 Å². The molecule has 0 radical (unpaired) electrons. The molecule has 0 spiro atoms. The molecule has 7 nitrogen and oxygen atoms in total. The minimum Gasteiger partial charge on any atom is -0.494 e. The number of aryl methyl sites for hydroxylation is 1. The van der Waals surface area contributed by atoms with Crippen LogP contribution in [0, 0.1) is 0 Å². The molecule has 0 aliphatic carbocycles. The van der Waals surface area contributed by atoms with Crippen molar-refractivity contribution in [2.24, 2.45) is 0 Å². The smallest absolute Gasteiger partial charge is 0.266 e. The van der Waals surface area contributed by atoms with Crippen molar-refractivity contribution >= 4 is 22.4 Å². The molecule has 1 aromatic carbocycles. The molecule has 0 aliphatic heterocycles. The number of aromatic nitrogens is 3. The van der Waals surface area contributed by atoms with Crippen molar-refractivity contribution in [3.63, 3.8) is 0 Å². The fraction of sp³-hybridized carbons (Fsp3) is 0.263. The molecule has 0 bridgehead atoms. The van der Waals surface area contributed by atoms with E-state index in [2.05, 4.69) is 15.4 Å². The van der Waals surface area contributed by atoms with Gasteiger partial charge in [-0.2, -0.15) is 5.10 Å². The summed E-state index contributed by atoms with van der Waals surface area (Å²) in [4.78, 5) is 28.0. The number of carbonyl (C=O) groups excluding carboxylic acids is 1. The Balaban J connectivity index is 1.61. The van der Waals surface area contributed by atoms with E-state index in [9.17, 15) is 9.59 Å². The van der Waals surface area contributed by atoms with Gasteiger partial charge in [-0.05, 0) is 43.7 Å². The fourth-order valence-electron chi connectivity index (χ4n) is 2.51. The maximum absolute atomic E-state index is 12.0. The van der Waals surface area contributed by atoms with Crippen LogP contribution in [-0.4, -0.2) is 27.3 Å². The van der Waals surface area contributed by atoms with Crippen molar-refractivity contribution in [1.29, 1.82) is 0 Å². The number of nitrogens with one attached hydrogen (secondary N) is 1. The van der Waals surface area contributed by atoms with Crippen molar-refractivity contribution in [3.8, 4) is 17.0 Å². The lowest BCUT2D eigenvalue weighted by Gasteiger charge is -2.08. The number of carbonyl (C=O) groups is 1. The molecule has 8 heteroatoms. The van der Waals surface area contributed by atoms with E-state index in [4.69, 9.17) is 4.74 Å². The third-order valence-electron chi connectivity index (χ3n) is 3.78. The molecule has 0 atom stereocenters. The zero-order valence-corrected chi connectivity index (χ0v) is 15.7. The van der Waals surface area contributed by atoms with Crippen LogP contribution in [0.5, 0.6) is 5.75 Å². The number of anilines is 1. The van der Waals surface area contributed by atoms with Gasteiger partial charge in [-0.15, -0.1) is 11.3 Å². The van der Waals surface area contributed by atoms with Crippen molar-refractivity contribution in [2.45, 2.75) is 26.3 Å². The minimum absolute atomic E-state index is 0.124. The molecule has 1 amide bonds. The van der Waals surface area contributed by atoms with E-state index in [1.54, 1.807) is 17.6 Å². The van der Waals surface area contributed by atoms with Crippen molar-refractivity contribution < 1.29 is 9.53 Å². The van der Waals surface area contributed by atoms with E-state index in [1.165, 1.54) is 22.1 Å². The molecule has 2 heterocycles. The first-order chi connectivity index (χ1) is 13.2. The second kappa shape index (κ2) is 9.09. The first kappa shape index (κ1) is 18.8. The highest BCUT2D eigenvalue weighted by atomic mass is 32.1. The van der Waals surface area contributed by atoms with Gasteiger partial charge in [-0.3, -0.25) is 9.59 Å². The van der Waals surface area contributed by atoms with Gasteiger partial charge in [0.25, 0.3) is 5.56 Å². The standard InChI is InChI=1S/C19H20N4O3S/c1-2-26-15-7-5-14(6-8-15)16-9-10-18(25)23(22-16)12-3-4-17(24)21-19-20-11-13-27-19/h5-11,13H,2-4,12H2,1H3,(H,20,21,24). The number of ether oxygens (including phenoxy) is 1. The summed E-state index contributed by atoms with van der Waals surface area (Å²) in [6, 6.07) is 10.8. The molecule has 0 aliphatic rings. The summed E-state index contributed by atoms with van der Waals surface area (Å²) in [6.45, 7) is 2.91. The van der Waals surface area contributed by atoms with Crippen LogP contribution in [0.4, 0.5) is 5.13 Å². The topological polar surface area (TPSA) is 86.1 Å². The van der Waals surface area contributed by atoms with Crippen LogP contribution in [0.3, 0.4) is 0 Å². The van der Waals surface area contributed by atoms with Gasteiger partial charge in [0.15, 0.2) is 5.13 Å². The van der Waals surface area contributed by atoms with Gasteiger partial charge in [0.2, 0.25) is 5.91 Å². The summed E-state index contributed by atoms with van der Waals surface area (Å²) in [5.74, 6) is 0.668. The molecule has 1 N–H and O–H groups in total. The normalized spacial score (nSPS) is 10.6. The first-order valence-corrected chi connectivity index (χ1v) is 9.54. The summed E-state index contributed by atoms with van der Waals surface area (Å²) in [5, 5.41) is 9.51. The Morgan fingerprint density at radius 2 is 2.04 bits per heavy atom. The van der Waals surface area contributed by atoms with Crippen LogP contribution in [-0.2, 0) is 11.3 Å². The lowest BCUT2D eigenvalue weighted by molar-refractivity contribution is -0.116. The molecular formula is C19H20N4O3S. The van der Waals surface area contributed by atoms with Crippen LogP contribution in [0.15, 0.2) is 52.8 Å². The summed E-state index contributed by atoms with van der Waals surface area (Å²) < 4.78 is 6.83. The number of benzene rings is 1. The van der Waals surface area contributed by atoms with E-state index in [1.807, 2.05) is 31.2 Å². The Bertz CT molecular complexity index is 936. The third-order valence-corrected chi connectivity index (χ3v) is 4.47. The molecule has 0 fully saturated rings. The molecule has 0 unspecified atom stereocenters. The predicted octanol–water partition coefficient (Wildman–Crippen LogP) is 3.18. The van der Waals surface area contributed by atoms with E-state index in [-0.39, 0.29) is 11.5 Å². The Labute approximate surface area is 160 Å². The van der Waals surface area contributed by atoms with E-state index in [0.717, 1.165) is 11.3 Å². The maximum atomic E-state index is 12.0. The number of nitrogens with zero attached hydrogens (tertiary/aromatic N) is 3. The van der Waals surface area contributed by atoms with Crippen molar-refractivity contribution in [3.05, 3.63) is 58.3 Å². The van der Waals surface area contributed by atoms with Crippen LogP contribution in [0.1, 0.15) is 19.8 Å². The van der Waals surface area contributed by atoms with Gasteiger partial charge in [-0.1, -0.05) is 0 Å². The van der Waals surface area contributed by atoms with E-state index in [0.29, 0.717) is 36.8 Å². The molecule has 2 aromatic heterocycles. The van der Waals surface area contributed by atoms with Crippen LogP contribution < -0.4 is 15.6 Å².